The van der Waals surface area contributed by atoms with Crippen molar-refractivity contribution < 1.29 is 0 Å². The molecule has 1 N–H and O–H groups in total. The fourth-order valence-corrected chi connectivity index (χ4v) is 4.91. The SMILES string of the molecule is CCCCN1CC[N@]2CCN(CCCC)[P@@]1NC2. The lowest BCUT2D eigenvalue weighted by Gasteiger charge is -2.38. The Morgan fingerprint density at radius 3 is 1.94 bits per heavy atom. The highest BCUT2D eigenvalue weighted by molar-refractivity contribution is 7.50. The van der Waals surface area contributed by atoms with Crippen molar-refractivity contribution in [1.29, 1.82) is 0 Å². The van der Waals surface area contributed by atoms with Crippen LogP contribution in [0.1, 0.15) is 39.5 Å². The summed E-state index contributed by atoms with van der Waals surface area (Å²) in [6.07, 6.45) is 5.28. The third-order valence-electron chi connectivity index (χ3n) is 3.86. The van der Waals surface area contributed by atoms with Gasteiger partial charge < -0.3 is 0 Å². The summed E-state index contributed by atoms with van der Waals surface area (Å²) >= 11 is 0. The van der Waals surface area contributed by atoms with Gasteiger partial charge in [-0.3, -0.25) is 19.3 Å². The highest BCUT2D eigenvalue weighted by Crippen LogP contribution is 2.42. The maximum Gasteiger partial charge on any atom is 0.118 e. The summed E-state index contributed by atoms with van der Waals surface area (Å²) in [4.78, 5) is 2.58. The van der Waals surface area contributed by atoms with Gasteiger partial charge in [0.05, 0.1) is 6.67 Å². The third-order valence-corrected chi connectivity index (χ3v) is 6.16. The fraction of sp³-hybridized carbons (Fsp3) is 1.00. The number of hydrogen-bond donors (Lipinski definition) is 1. The molecule has 2 aliphatic rings. The van der Waals surface area contributed by atoms with Crippen molar-refractivity contribution in [1.82, 2.24) is 19.3 Å². The molecule has 5 heteroatoms. The fourth-order valence-electron chi connectivity index (χ4n) is 2.61. The predicted molar refractivity (Wildman–Crippen MR) is 79.5 cm³/mol. The standard InChI is InChI=1S/C13H29N4P/c1-3-5-7-16-11-9-15-10-12-17(8-6-4-2)18(16)14-13-15/h14H,3-13H2,1-2H3. The number of hydrogen-bond acceptors (Lipinski definition) is 4. The van der Waals surface area contributed by atoms with E-state index in [0.29, 0.717) is 0 Å². The minimum absolute atomic E-state index is 0.232. The molecule has 2 heterocycles. The van der Waals surface area contributed by atoms with Crippen molar-refractivity contribution in [3.63, 3.8) is 0 Å². The van der Waals surface area contributed by atoms with Gasteiger partial charge in [0.15, 0.2) is 0 Å². The molecule has 0 unspecified atom stereocenters. The zero-order chi connectivity index (χ0) is 12.8. The van der Waals surface area contributed by atoms with E-state index in [1.165, 1.54) is 65.0 Å². The highest BCUT2D eigenvalue weighted by Gasteiger charge is 2.31. The first-order valence-corrected chi connectivity index (χ1v) is 8.85. The van der Waals surface area contributed by atoms with Crippen LogP contribution in [0.4, 0.5) is 0 Å². The van der Waals surface area contributed by atoms with Gasteiger partial charge in [0.25, 0.3) is 0 Å². The third kappa shape index (κ3) is 3.88. The molecule has 2 rings (SSSR count). The number of nitrogens with zero attached hydrogens (tertiary/aromatic N) is 3. The molecule has 0 aromatic carbocycles. The summed E-state index contributed by atoms with van der Waals surface area (Å²) in [5, 5.41) is 3.80. The van der Waals surface area contributed by atoms with Gasteiger partial charge in [-0.25, -0.2) is 0 Å². The number of rotatable bonds is 6. The molecule has 0 spiro atoms. The van der Waals surface area contributed by atoms with Crippen molar-refractivity contribution in [2.24, 2.45) is 0 Å². The van der Waals surface area contributed by atoms with Crippen LogP contribution in [0.5, 0.6) is 0 Å². The quantitative estimate of drug-likeness (QED) is 0.749. The van der Waals surface area contributed by atoms with Crippen LogP contribution < -0.4 is 5.09 Å². The van der Waals surface area contributed by atoms with E-state index in [1.807, 2.05) is 0 Å². The Labute approximate surface area is 114 Å². The van der Waals surface area contributed by atoms with Gasteiger partial charge in [0, 0.05) is 39.3 Å². The van der Waals surface area contributed by atoms with E-state index in [9.17, 15) is 0 Å². The Morgan fingerprint density at radius 1 is 0.889 bits per heavy atom. The second-order valence-corrected chi connectivity index (χ2v) is 7.36. The molecule has 2 aliphatic heterocycles. The number of fused-ring (bicyclic) bond motifs is 3. The summed E-state index contributed by atoms with van der Waals surface area (Å²) in [5.41, 5.74) is 0. The van der Waals surface area contributed by atoms with Gasteiger partial charge in [-0.15, -0.1) is 0 Å². The van der Waals surface area contributed by atoms with E-state index in [-0.39, 0.29) is 8.37 Å². The molecule has 2 fully saturated rings. The summed E-state index contributed by atoms with van der Waals surface area (Å²) in [7, 11) is -0.232. The molecule has 0 aromatic heterocycles. The first kappa shape index (κ1) is 14.7. The monoisotopic (exact) mass is 272 g/mol. The Bertz CT molecular complexity index is 219. The van der Waals surface area contributed by atoms with Crippen molar-refractivity contribution >= 4 is 8.37 Å². The molecule has 0 radical (unpaired) electrons. The van der Waals surface area contributed by atoms with Gasteiger partial charge in [-0.05, 0) is 12.8 Å². The summed E-state index contributed by atoms with van der Waals surface area (Å²) in [6, 6.07) is 0. The molecule has 106 valence electrons. The van der Waals surface area contributed by atoms with Crippen LogP contribution in [0.15, 0.2) is 0 Å². The molecule has 0 saturated carbocycles. The zero-order valence-electron chi connectivity index (χ0n) is 12.1. The Balaban J connectivity index is 1.97. The van der Waals surface area contributed by atoms with Gasteiger partial charge in [-0.1, -0.05) is 26.7 Å². The van der Waals surface area contributed by atoms with E-state index in [4.69, 9.17) is 0 Å². The van der Waals surface area contributed by atoms with Crippen LogP contribution >= 0.6 is 8.37 Å². The minimum Gasteiger partial charge on any atom is -0.288 e. The molecular formula is C13H29N4P. The van der Waals surface area contributed by atoms with Gasteiger partial charge in [-0.2, -0.15) is 0 Å². The molecule has 0 aromatic rings. The van der Waals surface area contributed by atoms with E-state index in [1.54, 1.807) is 0 Å². The first-order chi connectivity index (χ1) is 8.85. The second-order valence-electron chi connectivity index (χ2n) is 5.34. The van der Waals surface area contributed by atoms with Crippen molar-refractivity contribution in [3.05, 3.63) is 0 Å². The normalized spacial score (nSPS) is 30.3. The van der Waals surface area contributed by atoms with Crippen molar-refractivity contribution in [3.8, 4) is 0 Å². The molecule has 2 bridgehead atoms. The summed E-state index contributed by atoms with van der Waals surface area (Å²) in [5.74, 6) is 0. The van der Waals surface area contributed by atoms with Crippen LogP contribution in [0.25, 0.3) is 0 Å². The van der Waals surface area contributed by atoms with Gasteiger partial charge in [0.1, 0.15) is 8.37 Å². The zero-order valence-corrected chi connectivity index (χ0v) is 13.0. The lowest BCUT2D eigenvalue weighted by atomic mass is 10.3. The smallest absolute Gasteiger partial charge is 0.118 e. The molecule has 0 aliphatic carbocycles. The largest absolute Gasteiger partial charge is 0.288 e. The molecule has 4 nitrogen and oxygen atoms in total. The Kier molecular flexibility index (Phi) is 6.33. The Hall–Kier alpha value is 0.270. The van der Waals surface area contributed by atoms with Crippen molar-refractivity contribution in [2.45, 2.75) is 39.5 Å². The molecule has 2 saturated heterocycles. The minimum atomic E-state index is -0.232. The number of unbranched alkanes of at least 4 members (excludes halogenated alkanes) is 2. The van der Waals surface area contributed by atoms with E-state index in [0.717, 1.165) is 6.67 Å². The first-order valence-electron chi connectivity index (χ1n) is 7.60. The van der Waals surface area contributed by atoms with E-state index in [2.05, 4.69) is 33.2 Å². The summed E-state index contributed by atoms with van der Waals surface area (Å²) < 4.78 is 5.43. The average Bonchev–Trinajstić information content (AvgIpc) is 2.70. The van der Waals surface area contributed by atoms with Crippen LogP contribution in [0.2, 0.25) is 0 Å². The molecule has 18 heavy (non-hydrogen) atoms. The molecule has 0 atom stereocenters. The van der Waals surface area contributed by atoms with Crippen LogP contribution in [0.3, 0.4) is 0 Å². The van der Waals surface area contributed by atoms with Gasteiger partial charge in [0.2, 0.25) is 0 Å². The highest BCUT2D eigenvalue weighted by atomic mass is 31.1. The Morgan fingerprint density at radius 2 is 1.44 bits per heavy atom. The van der Waals surface area contributed by atoms with Crippen LogP contribution in [-0.2, 0) is 0 Å². The second kappa shape index (κ2) is 7.76. The van der Waals surface area contributed by atoms with Gasteiger partial charge >= 0.3 is 0 Å². The predicted octanol–water partition coefficient (Wildman–Crippen LogP) is 2.29. The topological polar surface area (TPSA) is 21.8 Å². The average molecular weight is 272 g/mol. The lowest BCUT2D eigenvalue weighted by molar-refractivity contribution is 0.237. The molecule has 0 amide bonds. The maximum atomic E-state index is 3.80. The van der Waals surface area contributed by atoms with E-state index < -0.39 is 0 Å². The maximum absolute atomic E-state index is 3.80. The van der Waals surface area contributed by atoms with E-state index >= 15 is 0 Å². The molecular weight excluding hydrogens is 243 g/mol. The van der Waals surface area contributed by atoms with Crippen molar-refractivity contribution in [2.75, 3.05) is 45.9 Å². The lowest BCUT2D eigenvalue weighted by Crippen LogP contribution is -2.40. The number of nitrogens with one attached hydrogen (secondary N) is 1. The van der Waals surface area contributed by atoms with Crippen LogP contribution in [0, 0.1) is 0 Å². The van der Waals surface area contributed by atoms with Crippen LogP contribution in [-0.4, -0.2) is 60.2 Å². The summed E-state index contributed by atoms with van der Waals surface area (Å²) in [6.45, 7) is 13.2.